The molecule has 2 heterocycles. The van der Waals surface area contributed by atoms with Crippen molar-refractivity contribution in [1.29, 1.82) is 0 Å². The van der Waals surface area contributed by atoms with Crippen LogP contribution in [-0.2, 0) is 6.54 Å². The van der Waals surface area contributed by atoms with Gasteiger partial charge in [-0.1, -0.05) is 18.2 Å². The second-order valence-corrected chi connectivity index (χ2v) is 7.41. The van der Waals surface area contributed by atoms with E-state index in [-0.39, 0.29) is 17.8 Å². The average Bonchev–Trinajstić information content (AvgIpc) is 2.96. The molecule has 1 saturated carbocycles. The van der Waals surface area contributed by atoms with Crippen molar-refractivity contribution in [1.82, 2.24) is 9.88 Å². The van der Waals surface area contributed by atoms with Crippen molar-refractivity contribution >= 4 is 22.5 Å². The number of methoxy groups -OCH3 is 1. The SMILES string of the molecule is COc1ccc(F)cc1-c1cccc2c(N)c3c(nc12)CN(C1CCC1)C3=O. The summed E-state index contributed by atoms with van der Waals surface area (Å²) in [5, 5.41) is 0.700. The van der Waals surface area contributed by atoms with Crippen LogP contribution in [0, 0.1) is 5.82 Å². The predicted molar refractivity (Wildman–Crippen MR) is 106 cm³/mol. The number of fused-ring (bicyclic) bond motifs is 2. The number of hydrogen-bond acceptors (Lipinski definition) is 4. The van der Waals surface area contributed by atoms with Crippen LogP contribution in [0.3, 0.4) is 0 Å². The number of amides is 1. The van der Waals surface area contributed by atoms with Gasteiger partial charge in [0.1, 0.15) is 11.6 Å². The zero-order valence-electron chi connectivity index (χ0n) is 15.5. The van der Waals surface area contributed by atoms with E-state index in [2.05, 4.69) is 0 Å². The van der Waals surface area contributed by atoms with Crippen molar-refractivity contribution in [3.8, 4) is 16.9 Å². The van der Waals surface area contributed by atoms with Crippen LogP contribution in [0.2, 0.25) is 0 Å². The van der Waals surface area contributed by atoms with E-state index >= 15 is 0 Å². The lowest BCUT2D eigenvalue weighted by atomic mass is 9.92. The van der Waals surface area contributed by atoms with Crippen molar-refractivity contribution < 1.29 is 13.9 Å². The highest BCUT2D eigenvalue weighted by atomic mass is 19.1. The zero-order valence-corrected chi connectivity index (χ0v) is 15.5. The number of rotatable bonds is 3. The molecule has 1 aromatic heterocycles. The summed E-state index contributed by atoms with van der Waals surface area (Å²) in [5.74, 6) is 0.176. The number of nitrogens with zero attached hydrogens (tertiary/aromatic N) is 2. The van der Waals surface area contributed by atoms with Gasteiger partial charge in [0.15, 0.2) is 0 Å². The number of hydrogen-bond donors (Lipinski definition) is 1. The van der Waals surface area contributed by atoms with E-state index in [1.54, 1.807) is 13.2 Å². The first kappa shape index (κ1) is 17.0. The number of ether oxygens (including phenoxy) is 1. The first-order chi connectivity index (χ1) is 13.6. The fourth-order valence-electron chi connectivity index (χ4n) is 4.19. The first-order valence-corrected chi connectivity index (χ1v) is 9.44. The molecule has 5 rings (SSSR count). The molecule has 1 fully saturated rings. The van der Waals surface area contributed by atoms with Crippen LogP contribution in [0.25, 0.3) is 22.0 Å². The summed E-state index contributed by atoms with van der Waals surface area (Å²) in [6.07, 6.45) is 3.22. The second-order valence-electron chi connectivity index (χ2n) is 7.41. The molecule has 28 heavy (non-hydrogen) atoms. The Morgan fingerprint density at radius 1 is 1.21 bits per heavy atom. The number of halogens is 1. The third kappa shape index (κ3) is 2.37. The molecule has 2 N–H and O–H groups in total. The predicted octanol–water partition coefficient (Wildman–Crippen LogP) is 4.14. The first-order valence-electron chi connectivity index (χ1n) is 9.44. The van der Waals surface area contributed by atoms with Gasteiger partial charge in [0.25, 0.3) is 5.91 Å². The topological polar surface area (TPSA) is 68.5 Å². The van der Waals surface area contributed by atoms with Gasteiger partial charge in [-0.2, -0.15) is 0 Å². The Hall–Kier alpha value is -3.15. The fourth-order valence-corrected chi connectivity index (χ4v) is 4.19. The summed E-state index contributed by atoms with van der Waals surface area (Å²) < 4.78 is 19.4. The van der Waals surface area contributed by atoms with Gasteiger partial charge in [-0.15, -0.1) is 0 Å². The van der Waals surface area contributed by atoms with Gasteiger partial charge in [0.05, 0.1) is 36.1 Å². The Morgan fingerprint density at radius 2 is 2.04 bits per heavy atom. The van der Waals surface area contributed by atoms with E-state index in [9.17, 15) is 9.18 Å². The zero-order chi connectivity index (χ0) is 19.4. The fraction of sp³-hybridized carbons (Fsp3) is 0.273. The van der Waals surface area contributed by atoms with Gasteiger partial charge in [0.2, 0.25) is 0 Å². The van der Waals surface area contributed by atoms with Crippen LogP contribution < -0.4 is 10.5 Å². The Bertz CT molecular complexity index is 1120. The molecule has 0 saturated heterocycles. The van der Waals surface area contributed by atoms with E-state index in [4.69, 9.17) is 15.5 Å². The molecule has 0 unspecified atom stereocenters. The summed E-state index contributed by atoms with van der Waals surface area (Å²) >= 11 is 0. The van der Waals surface area contributed by atoms with E-state index in [1.165, 1.54) is 12.1 Å². The standard InChI is InChI=1S/C22H20FN3O2/c1-28-18-9-8-12(23)10-16(18)14-6-3-7-15-20(24)19-17(25-21(14)15)11-26(22(19)27)13-4-2-5-13/h3,6-10,13H,2,4-5,11H2,1H3,(H2,24,25). The van der Waals surface area contributed by atoms with E-state index in [0.717, 1.165) is 24.8 Å². The van der Waals surface area contributed by atoms with Crippen LogP contribution in [0.15, 0.2) is 36.4 Å². The van der Waals surface area contributed by atoms with Gasteiger partial charge < -0.3 is 15.4 Å². The molecule has 1 aliphatic heterocycles. The third-order valence-corrected chi connectivity index (χ3v) is 5.89. The van der Waals surface area contributed by atoms with Crippen LogP contribution in [0.1, 0.15) is 35.3 Å². The van der Waals surface area contributed by atoms with Crippen molar-refractivity contribution in [3.63, 3.8) is 0 Å². The quantitative estimate of drug-likeness (QED) is 0.745. The monoisotopic (exact) mass is 377 g/mol. The molecule has 0 spiro atoms. The third-order valence-electron chi connectivity index (χ3n) is 5.89. The minimum Gasteiger partial charge on any atom is -0.496 e. The van der Waals surface area contributed by atoms with E-state index < -0.39 is 0 Å². The molecule has 0 radical (unpaired) electrons. The Labute approximate surface area is 161 Å². The Kier molecular flexibility index (Phi) is 3.75. The minimum atomic E-state index is -0.353. The second kappa shape index (κ2) is 6.19. The number of carbonyl (C=O) groups is 1. The molecule has 142 valence electrons. The van der Waals surface area contributed by atoms with Gasteiger partial charge in [-0.25, -0.2) is 9.37 Å². The molecule has 6 heteroatoms. The molecule has 1 amide bonds. The molecular weight excluding hydrogens is 357 g/mol. The lowest BCUT2D eigenvalue weighted by molar-refractivity contribution is 0.0606. The number of aromatic nitrogens is 1. The lowest BCUT2D eigenvalue weighted by Gasteiger charge is -2.34. The summed E-state index contributed by atoms with van der Waals surface area (Å²) in [4.78, 5) is 19.6. The molecule has 5 nitrogen and oxygen atoms in total. The summed E-state index contributed by atoms with van der Waals surface area (Å²) in [5.41, 5.74) is 10.1. The number of carbonyl (C=O) groups excluding carboxylic acids is 1. The van der Waals surface area contributed by atoms with E-state index in [1.807, 2.05) is 23.1 Å². The number of anilines is 1. The molecular formula is C22H20FN3O2. The van der Waals surface area contributed by atoms with Crippen LogP contribution in [0.5, 0.6) is 5.75 Å². The normalized spacial score (nSPS) is 16.4. The maximum atomic E-state index is 14.0. The minimum absolute atomic E-state index is 0.0275. The largest absolute Gasteiger partial charge is 0.496 e. The van der Waals surface area contributed by atoms with Gasteiger partial charge in [0, 0.05) is 22.6 Å². The smallest absolute Gasteiger partial charge is 0.258 e. The van der Waals surface area contributed by atoms with Crippen LogP contribution in [-0.4, -0.2) is 28.9 Å². The number of pyridine rings is 1. The Morgan fingerprint density at radius 3 is 2.75 bits per heavy atom. The number of benzene rings is 2. The van der Waals surface area contributed by atoms with Crippen molar-refractivity contribution in [2.45, 2.75) is 31.8 Å². The summed E-state index contributed by atoms with van der Waals surface area (Å²) in [7, 11) is 1.55. The lowest BCUT2D eigenvalue weighted by Crippen LogP contribution is -2.40. The highest BCUT2D eigenvalue weighted by Gasteiger charge is 2.38. The van der Waals surface area contributed by atoms with Crippen molar-refractivity contribution in [2.75, 3.05) is 12.8 Å². The van der Waals surface area contributed by atoms with Crippen LogP contribution >= 0.6 is 0 Å². The van der Waals surface area contributed by atoms with Gasteiger partial charge in [-0.3, -0.25) is 4.79 Å². The number of nitrogen functional groups attached to an aromatic ring is 1. The summed E-state index contributed by atoms with van der Waals surface area (Å²) in [6.45, 7) is 0.480. The van der Waals surface area contributed by atoms with Gasteiger partial charge in [-0.05, 0) is 37.5 Å². The molecule has 3 aromatic rings. The highest BCUT2D eigenvalue weighted by Crippen LogP contribution is 2.41. The maximum Gasteiger partial charge on any atom is 0.258 e. The van der Waals surface area contributed by atoms with Gasteiger partial charge >= 0.3 is 0 Å². The molecule has 2 aromatic carbocycles. The number of para-hydroxylation sites is 1. The molecule has 2 aliphatic rings. The maximum absolute atomic E-state index is 14.0. The van der Waals surface area contributed by atoms with Crippen LogP contribution in [0.4, 0.5) is 10.1 Å². The van der Waals surface area contributed by atoms with Crippen molar-refractivity contribution in [2.24, 2.45) is 0 Å². The molecule has 1 aliphatic carbocycles. The molecule has 0 bridgehead atoms. The summed E-state index contributed by atoms with van der Waals surface area (Å²) in [6, 6.07) is 10.3. The highest BCUT2D eigenvalue weighted by molar-refractivity contribution is 6.11. The van der Waals surface area contributed by atoms with E-state index in [0.29, 0.717) is 45.7 Å². The Balaban J connectivity index is 1.72. The molecule has 0 atom stereocenters. The van der Waals surface area contributed by atoms with Crippen molar-refractivity contribution in [3.05, 3.63) is 53.5 Å². The average molecular weight is 377 g/mol. The number of nitrogens with two attached hydrogens (primary N) is 1.